The molecule has 0 aliphatic rings. The molecule has 3 nitrogen and oxygen atoms in total. The van der Waals surface area contributed by atoms with Crippen LogP contribution < -0.4 is 0 Å². The number of aliphatic hydroxyl groups is 1. The molecule has 1 aromatic rings. The maximum atomic E-state index is 11.3. The summed E-state index contributed by atoms with van der Waals surface area (Å²) in [6.45, 7) is 1.60. The molecule has 0 saturated carbocycles. The Hall–Kier alpha value is -0.580. The number of hydrogen-bond acceptors (Lipinski definition) is 3. The van der Waals surface area contributed by atoms with Gasteiger partial charge in [-0.25, -0.2) is 0 Å². The van der Waals surface area contributed by atoms with Gasteiger partial charge >= 0.3 is 5.97 Å². The van der Waals surface area contributed by atoms with Gasteiger partial charge in [0.05, 0.1) is 19.1 Å². The Labute approximate surface area is 107 Å². The highest BCUT2D eigenvalue weighted by atomic mass is 79.9. The van der Waals surface area contributed by atoms with Crippen molar-refractivity contribution >= 4 is 33.5 Å². The Morgan fingerprint density at radius 3 is 2.75 bits per heavy atom. The molecule has 0 bridgehead atoms. The number of halogens is 2. The van der Waals surface area contributed by atoms with Crippen LogP contribution in [0.25, 0.3) is 0 Å². The van der Waals surface area contributed by atoms with Crippen molar-refractivity contribution in [3.05, 3.63) is 33.3 Å². The van der Waals surface area contributed by atoms with E-state index in [2.05, 4.69) is 20.7 Å². The first-order valence-electron chi connectivity index (χ1n) is 4.68. The van der Waals surface area contributed by atoms with Crippen LogP contribution in [0.1, 0.15) is 18.6 Å². The molecule has 16 heavy (non-hydrogen) atoms. The maximum Gasteiger partial charge on any atom is 0.311 e. The van der Waals surface area contributed by atoms with Gasteiger partial charge in [0.15, 0.2) is 0 Å². The summed E-state index contributed by atoms with van der Waals surface area (Å²) in [5.41, 5.74) is 0.574. The van der Waals surface area contributed by atoms with E-state index in [1.54, 1.807) is 25.1 Å². The summed E-state index contributed by atoms with van der Waals surface area (Å²) in [4.78, 5) is 11.3. The summed E-state index contributed by atoms with van der Waals surface area (Å²) in [5, 5.41) is 10.5. The number of rotatable bonds is 3. The Kier molecular flexibility index (Phi) is 4.77. The largest absolute Gasteiger partial charge is 0.469 e. The molecule has 5 heteroatoms. The number of hydrogen-bond donors (Lipinski definition) is 1. The van der Waals surface area contributed by atoms with E-state index in [0.29, 0.717) is 15.1 Å². The van der Waals surface area contributed by atoms with Crippen LogP contribution in [0.2, 0.25) is 5.02 Å². The van der Waals surface area contributed by atoms with Crippen molar-refractivity contribution in [2.45, 2.75) is 13.0 Å². The molecule has 0 fully saturated rings. The van der Waals surface area contributed by atoms with Crippen molar-refractivity contribution in [2.24, 2.45) is 5.92 Å². The zero-order valence-corrected chi connectivity index (χ0v) is 11.2. The molecular weight excluding hydrogens is 295 g/mol. The van der Waals surface area contributed by atoms with Crippen LogP contribution in [0.15, 0.2) is 22.7 Å². The highest BCUT2D eigenvalue weighted by Gasteiger charge is 2.25. The molecule has 1 rings (SSSR count). The van der Waals surface area contributed by atoms with Gasteiger partial charge in [-0.05, 0) is 30.7 Å². The van der Waals surface area contributed by atoms with Crippen molar-refractivity contribution in [3.63, 3.8) is 0 Å². The Bertz CT molecular complexity index is 395. The number of esters is 1. The minimum Gasteiger partial charge on any atom is -0.469 e. The second-order valence-electron chi connectivity index (χ2n) is 3.42. The Morgan fingerprint density at radius 2 is 2.19 bits per heavy atom. The van der Waals surface area contributed by atoms with Crippen LogP contribution in [-0.2, 0) is 9.53 Å². The standard InChI is InChI=1S/C11H12BrClO3/c1-6(11(15)16-2)10(14)8-5-7(13)3-4-9(8)12/h3-6,10,14H,1-2H3. The summed E-state index contributed by atoms with van der Waals surface area (Å²) in [5.74, 6) is -1.10. The number of carbonyl (C=O) groups is 1. The molecule has 1 N–H and O–H groups in total. The van der Waals surface area contributed by atoms with Crippen molar-refractivity contribution in [3.8, 4) is 0 Å². The van der Waals surface area contributed by atoms with Crippen LogP contribution in [0.4, 0.5) is 0 Å². The number of aliphatic hydroxyl groups excluding tert-OH is 1. The normalized spacial score (nSPS) is 14.3. The van der Waals surface area contributed by atoms with Crippen LogP contribution >= 0.6 is 27.5 Å². The lowest BCUT2D eigenvalue weighted by atomic mass is 9.98. The molecule has 0 spiro atoms. The van der Waals surface area contributed by atoms with E-state index >= 15 is 0 Å². The van der Waals surface area contributed by atoms with Gasteiger partial charge in [-0.2, -0.15) is 0 Å². The molecule has 0 radical (unpaired) electrons. The van der Waals surface area contributed by atoms with Gasteiger partial charge in [0.2, 0.25) is 0 Å². The van der Waals surface area contributed by atoms with E-state index < -0.39 is 18.0 Å². The maximum absolute atomic E-state index is 11.3. The summed E-state index contributed by atoms with van der Waals surface area (Å²) in [7, 11) is 1.29. The second kappa shape index (κ2) is 5.66. The molecule has 0 aliphatic heterocycles. The van der Waals surface area contributed by atoms with Gasteiger partial charge in [0, 0.05) is 9.50 Å². The molecule has 0 aromatic heterocycles. The number of benzene rings is 1. The molecule has 0 heterocycles. The van der Waals surface area contributed by atoms with E-state index in [1.807, 2.05) is 0 Å². The highest BCUT2D eigenvalue weighted by molar-refractivity contribution is 9.10. The van der Waals surface area contributed by atoms with Crippen LogP contribution in [0, 0.1) is 5.92 Å². The third-order valence-electron chi connectivity index (χ3n) is 2.32. The average molecular weight is 308 g/mol. The first kappa shape index (κ1) is 13.5. The lowest BCUT2D eigenvalue weighted by Crippen LogP contribution is -2.20. The van der Waals surface area contributed by atoms with E-state index in [1.165, 1.54) is 7.11 Å². The predicted octanol–water partition coefficient (Wildman–Crippen LogP) is 2.95. The van der Waals surface area contributed by atoms with Crippen molar-refractivity contribution in [1.29, 1.82) is 0 Å². The van der Waals surface area contributed by atoms with Crippen LogP contribution in [0.3, 0.4) is 0 Å². The van der Waals surface area contributed by atoms with Crippen molar-refractivity contribution < 1.29 is 14.6 Å². The Morgan fingerprint density at radius 1 is 1.56 bits per heavy atom. The zero-order valence-electron chi connectivity index (χ0n) is 8.91. The molecule has 0 amide bonds. The SMILES string of the molecule is COC(=O)C(C)C(O)c1cc(Cl)ccc1Br. The molecule has 2 atom stereocenters. The summed E-state index contributed by atoms with van der Waals surface area (Å²) in [6, 6.07) is 5.05. The fraction of sp³-hybridized carbons (Fsp3) is 0.364. The average Bonchev–Trinajstić information content (AvgIpc) is 2.29. The number of ether oxygens (including phenoxy) is 1. The van der Waals surface area contributed by atoms with E-state index in [-0.39, 0.29) is 0 Å². The molecular formula is C11H12BrClO3. The van der Waals surface area contributed by atoms with Crippen LogP contribution in [-0.4, -0.2) is 18.2 Å². The Balaban J connectivity index is 2.99. The summed E-state index contributed by atoms with van der Waals surface area (Å²) in [6.07, 6.45) is -0.944. The zero-order chi connectivity index (χ0) is 12.3. The highest BCUT2D eigenvalue weighted by Crippen LogP contribution is 2.31. The molecule has 0 aliphatic carbocycles. The van der Waals surface area contributed by atoms with Gasteiger partial charge in [-0.3, -0.25) is 4.79 Å². The molecule has 1 aromatic carbocycles. The topological polar surface area (TPSA) is 46.5 Å². The molecule has 2 unspecified atom stereocenters. The minimum absolute atomic E-state index is 0.459. The van der Waals surface area contributed by atoms with Gasteiger partial charge in [0.25, 0.3) is 0 Å². The van der Waals surface area contributed by atoms with Crippen LogP contribution in [0.5, 0.6) is 0 Å². The van der Waals surface area contributed by atoms with E-state index in [9.17, 15) is 9.90 Å². The smallest absolute Gasteiger partial charge is 0.311 e. The van der Waals surface area contributed by atoms with E-state index in [0.717, 1.165) is 0 Å². The summed E-state index contributed by atoms with van der Waals surface area (Å²) < 4.78 is 5.29. The molecule has 88 valence electrons. The minimum atomic E-state index is -0.944. The van der Waals surface area contributed by atoms with Gasteiger partial charge < -0.3 is 9.84 Å². The lowest BCUT2D eigenvalue weighted by molar-refractivity contribution is -0.148. The quantitative estimate of drug-likeness (QED) is 0.873. The third kappa shape index (κ3) is 2.97. The second-order valence-corrected chi connectivity index (χ2v) is 4.71. The fourth-order valence-electron chi connectivity index (χ4n) is 1.33. The fourth-order valence-corrected chi connectivity index (χ4v) is 1.99. The van der Waals surface area contributed by atoms with Crippen molar-refractivity contribution in [1.82, 2.24) is 0 Å². The summed E-state index contributed by atoms with van der Waals surface area (Å²) >= 11 is 9.13. The van der Waals surface area contributed by atoms with Gasteiger partial charge in [0.1, 0.15) is 0 Å². The third-order valence-corrected chi connectivity index (χ3v) is 3.28. The molecule has 0 saturated heterocycles. The van der Waals surface area contributed by atoms with E-state index in [4.69, 9.17) is 11.6 Å². The van der Waals surface area contributed by atoms with Gasteiger partial charge in [-0.1, -0.05) is 27.5 Å². The monoisotopic (exact) mass is 306 g/mol. The number of carbonyl (C=O) groups excluding carboxylic acids is 1. The number of methoxy groups -OCH3 is 1. The first-order chi connectivity index (χ1) is 7.47. The lowest BCUT2D eigenvalue weighted by Gasteiger charge is -2.18. The predicted molar refractivity (Wildman–Crippen MR) is 65.3 cm³/mol. The van der Waals surface area contributed by atoms with Gasteiger partial charge in [-0.15, -0.1) is 0 Å². The first-order valence-corrected chi connectivity index (χ1v) is 5.85. The van der Waals surface area contributed by atoms with Crippen molar-refractivity contribution in [2.75, 3.05) is 7.11 Å².